The normalized spacial score (nSPS) is 15.1. The van der Waals surface area contributed by atoms with E-state index in [2.05, 4.69) is 10.6 Å². The van der Waals surface area contributed by atoms with E-state index in [9.17, 15) is 9.59 Å². The summed E-state index contributed by atoms with van der Waals surface area (Å²) < 4.78 is 5.31. The first-order valence-corrected chi connectivity index (χ1v) is 8.33. The third kappa shape index (κ3) is 5.43. The number of anilines is 1. The van der Waals surface area contributed by atoms with Gasteiger partial charge in [0.1, 0.15) is 5.75 Å². The lowest BCUT2D eigenvalue weighted by atomic mass is 9.95. The number of benzene rings is 2. The number of hydrogen-bond donors (Lipinski definition) is 4. The molecule has 1 heterocycles. The Bertz CT molecular complexity index is 828. The molecule has 0 aliphatic carbocycles. The zero-order chi connectivity index (χ0) is 18.5. The lowest BCUT2D eigenvalue weighted by Crippen LogP contribution is -2.44. The van der Waals surface area contributed by atoms with Gasteiger partial charge in [0.15, 0.2) is 6.61 Å². The molecular formula is C19H22ClN3O4. The van der Waals surface area contributed by atoms with E-state index < -0.39 is 5.91 Å². The van der Waals surface area contributed by atoms with Gasteiger partial charge in [-0.15, -0.1) is 12.4 Å². The van der Waals surface area contributed by atoms with E-state index in [1.54, 1.807) is 6.07 Å². The molecule has 0 aromatic heterocycles. The van der Waals surface area contributed by atoms with Crippen LogP contribution in [0.2, 0.25) is 0 Å². The summed E-state index contributed by atoms with van der Waals surface area (Å²) in [6.45, 7) is 2.25. The molecule has 2 aromatic carbocycles. The van der Waals surface area contributed by atoms with E-state index in [1.165, 1.54) is 5.48 Å². The summed E-state index contributed by atoms with van der Waals surface area (Å²) in [5.41, 5.74) is 5.48. The molecule has 7 nitrogen and oxygen atoms in total. The van der Waals surface area contributed by atoms with Gasteiger partial charge < -0.3 is 15.4 Å². The van der Waals surface area contributed by atoms with Gasteiger partial charge in [0.2, 0.25) is 5.91 Å². The Hall–Kier alpha value is -2.61. The van der Waals surface area contributed by atoms with Crippen LogP contribution in [0.15, 0.2) is 42.5 Å². The monoisotopic (exact) mass is 391 g/mol. The number of halogens is 1. The van der Waals surface area contributed by atoms with Crippen LogP contribution in [0.25, 0.3) is 0 Å². The number of aryl methyl sites for hydroxylation is 1. The van der Waals surface area contributed by atoms with Crippen LogP contribution in [-0.4, -0.2) is 29.7 Å². The lowest BCUT2D eigenvalue weighted by Gasteiger charge is -2.26. The highest BCUT2D eigenvalue weighted by Gasteiger charge is 2.24. The zero-order valence-corrected chi connectivity index (χ0v) is 15.6. The van der Waals surface area contributed by atoms with Crippen LogP contribution in [0.3, 0.4) is 0 Å². The van der Waals surface area contributed by atoms with Crippen LogP contribution in [0.5, 0.6) is 5.75 Å². The number of carbonyl (C=O) groups excluding carboxylic acids is 2. The summed E-state index contributed by atoms with van der Waals surface area (Å²) >= 11 is 0. The van der Waals surface area contributed by atoms with E-state index in [0.29, 0.717) is 18.7 Å². The molecule has 0 saturated heterocycles. The average Bonchev–Trinajstić information content (AvgIpc) is 2.65. The Balaban J connectivity index is 0.00000261. The predicted octanol–water partition coefficient (Wildman–Crippen LogP) is 1.95. The maximum atomic E-state index is 12.5. The second-order valence-electron chi connectivity index (χ2n) is 6.25. The van der Waals surface area contributed by atoms with Crippen molar-refractivity contribution in [3.8, 4) is 5.75 Å². The molecule has 0 spiro atoms. The number of fused-ring (bicyclic) bond motifs is 1. The van der Waals surface area contributed by atoms with Crippen molar-refractivity contribution in [2.24, 2.45) is 0 Å². The van der Waals surface area contributed by atoms with Crippen LogP contribution in [0, 0.1) is 6.92 Å². The number of rotatable bonds is 5. The minimum Gasteiger partial charge on any atom is -0.484 e. The smallest absolute Gasteiger partial charge is 0.281 e. The number of hydrogen-bond acceptors (Lipinski definition) is 5. The van der Waals surface area contributed by atoms with Crippen LogP contribution >= 0.6 is 12.4 Å². The van der Waals surface area contributed by atoms with Crippen molar-refractivity contribution in [1.82, 2.24) is 10.8 Å². The Morgan fingerprint density at radius 3 is 2.78 bits per heavy atom. The SMILES string of the molecule is Cc1cccc(NC(=O)[C@@H]2Cc3ccc(OCC(=O)NO)cc3CN2)c1.Cl. The van der Waals surface area contributed by atoms with Crippen molar-refractivity contribution in [2.75, 3.05) is 11.9 Å². The molecule has 3 rings (SSSR count). The second-order valence-corrected chi connectivity index (χ2v) is 6.25. The van der Waals surface area contributed by atoms with Gasteiger partial charge in [-0.3, -0.25) is 14.8 Å². The summed E-state index contributed by atoms with van der Waals surface area (Å²) in [4.78, 5) is 23.5. The Kier molecular flexibility index (Phi) is 7.18. The summed E-state index contributed by atoms with van der Waals surface area (Å²) in [5.74, 6) is -0.147. The van der Waals surface area contributed by atoms with Crippen LogP contribution in [0.1, 0.15) is 16.7 Å². The van der Waals surface area contributed by atoms with E-state index >= 15 is 0 Å². The van der Waals surface area contributed by atoms with E-state index in [-0.39, 0.29) is 31.0 Å². The number of ether oxygens (including phenoxy) is 1. The maximum absolute atomic E-state index is 12.5. The molecule has 2 aromatic rings. The van der Waals surface area contributed by atoms with Crippen molar-refractivity contribution in [3.63, 3.8) is 0 Å². The van der Waals surface area contributed by atoms with Crippen LogP contribution < -0.4 is 20.9 Å². The summed E-state index contributed by atoms with van der Waals surface area (Å²) in [7, 11) is 0. The van der Waals surface area contributed by atoms with Gasteiger partial charge in [0.05, 0.1) is 6.04 Å². The van der Waals surface area contributed by atoms with Gasteiger partial charge >= 0.3 is 0 Å². The van der Waals surface area contributed by atoms with Gasteiger partial charge in [-0.05, 0) is 54.3 Å². The van der Waals surface area contributed by atoms with Gasteiger partial charge in [-0.1, -0.05) is 18.2 Å². The number of hydroxylamine groups is 1. The lowest BCUT2D eigenvalue weighted by molar-refractivity contribution is -0.131. The van der Waals surface area contributed by atoms with E-state index in [0.717, 1.165) is 22.4 Å². The summed E-state index contributed by atoms with van der Waals surface area (Å²) in [6.07, 6.45) is 0.574. The van der Waals surface area contributed by atoms with Crippen molar-refractivity contribution in [1.29, 1.82) is 0 Å². The van der Waals surface area contributed by atoms with Crippen molar-refractivity contribution in [2.45, 2.75) is 25.9 Å². The van der Waals surface area contributed by atoms with Gasteiger partial charge in [0, 0.05) is 12.2 Å². The summed E-state index contributed by atoms with van der Waals surface area (Å²) in [5, 5.41) is 14.6. The molecule has 0 unspecified atom stereocenters. The molecule has 1 aliphatic heterocycles. The molecule has 27 heavy (non-hydrogen) atoms. The molecule has 8 heteroatoms. The fraction of sp³-hybridized carbons (Fsp3) is 0.263. The highest BCUT2D eigenvalue weighted by molar-refractivity contribution is 5.95. The second kappa shape index (κ2) is 9.36. The van der Waals surface area contributed by atoms with Gasteiger partial charge in [0.25, 0.3) is 5.91 Å². The highest BCUT2D eigenvalue weighted by Crippen LogP contribution is 2.23. The van der Waals surface area contributed by atoms with E-state index in [4.69, 9.17) is 9.94 Å². The topological polar surface area (TPSA) is 99.7 Å². The molecule has 4 N–H and O–H groups in total. The number of carbonyl (C=O) groups is 2. The Morgan fingerprint density at radius 2 is 2.04 bits per heavy atom. The van der Waals surface area contributed by atoms with Crippen molar-refractivity contribution < 1.29 is 19.5 Å². The largest absolute Gasteiger partial charge is 0.484 e. The van der Waals surface area contributed by atoms with Gasteiger partial charge in [-0.25, -0.2) is 5.48 Å². The molecular weight excluding hydrogens is 370 g/mol. The minimum atomic E-state index is -0.617. The number of nitrogens with one attached hydrogen (secondary N) is 3. The quantitative estimate of drug-likeness (QED) is 0.461. The fourth-order valence-electron chi connectivity index (χ4n) is 2.90. The molecule has 0 radical (unpaired) electrons. The number of amides is 2. The first-order chi connectivity index (χ1) is 12.5. The third-order valence-corrected chi connectivity index (χ3v) is 4.24. The van der Waals surface area contributed by atoms with Crippen molar-refractivity contribution >= 4 is 29.9 Å². The molecule has 2 amide bonds. The van der Waals surface area contributed by atoms with Gasteiger partial charge in [-0.2, -0.15) is 0 Å². The molecule has 144 valence electrons. The van der Waals surface area contributed by atoms with Crippen molar-refractivity contribution in [3.05, 3.63) is 59.2 Å². The maximum Gasteiger partial charge on any atom is 0.281 e. The predicted molar refractivity (Wildman–Crippen MR) is 103 cm³/mol. The summed E-state index contributed by atoms with van der Waals surface area (Å²) in [6, 6.07) is 12.9. The molecule has 0 fully saturated rings. The van der Waals surface area contributed by atoms with E-state index in [1.807, 2.05) is 43.3 Å². The highest BCUT2D eigenvalue weighted by atomic mass is 35.5. The third-order valence-electron chi connectivity index (χ3n) is 4.24. The molecule has 1 atom stereocenters. The first kappa shape index (κ1) is 20.7. The Labute approximate surface area is 163 Å². The Morgan fingerprint density at radius 1 is 1.22 bits per heavy atom. The molecule has 0 saturated carbocycles. The minimum absolute atomic E-state index is 0. The zero-order valence-electron chi connectivity index (χ0n) is 14.8. The molecule has 0 bridgehead atoms. The molecule has 1 aliphatic rings. The van der Waals surface area contributed by atoms with Crippen LogP contribution in [0.4, 0.5) is 5.69 Å². The standard InChI is InChI=1S/C19H21N3O4.ClH/c1-12-3-2-4-15(7-12)21-19(24)17-9-13-5-6-16(8-14(13)10-20-17)26-11-18(23)22-25;/h2-8,17,20,25H,9-11H2,1H3,(H,21,24)(H,22,23);1H/t17-;/m0./s1. The average molecular weight is 392 g/mol. The first-order valence-electron chi connectivity index (χ1n) is 8.33. The van der Waals surface area contributed by atoms with Crippen LogP contribution in [-0.2, 0) is 22.6 Å². The fourth-order valence-corrected chi connectivity index (χ4v) is 2.90.